The van der Waals surface area contributed by atoms with Gasteiger partial charge >= 0.3 is 6.18 Å². The van der Waals surface area contributed by atoms with Crippen LogP contribution in [0, 0.1) is 6.92 Å². The summed E-state index contributed by atoms with van der Waals surface area (Å²) in [4.78, 5) is 22.4. The molecule has 1 N–H and O–H groups in total. The van der Waals surface area contributed by atoms with Crippen molar-refractivity contribution < 1.29 is 27.5 Å². The standard InChI is InChI=1S/C24H20F3N3O3/c1-15-29-19-9-8-18(13-20(19)33-15)30(23(32)22(31)17-5-3-2-4-6-17)12-11-16-7-10-21(28-14-16)24(25,26)27/h2-10,13-14,22,31H,11-12H2,1H3. The van der Waals surface area contributed by atoms with Crippen molar-refractivity contribution in [2.45, 2.75) is 25.6 Å². The number of aliphatic hydroxyl groups is 1. The number of amides is 1. The third-order valence-electron chi connectivity index (χ3n) is 5.15. The van der Waals surface area contributed by atoms with Gasteiger partial charge in [-0.3, -0.25) is 9.78 Å². The predicted molar refractivity (Wildman–Crippen MR) is 115 cm³/mol. The number of benzene rings is 2. The van der Waals surface area contributed by atoms with Crippen molar-refractivity contribution in [2.24, 2.45) is 0 Å². The molecule has 0 saturated heterocycles. The summed E-state index contributed by atoms with van der Waals surface area (Å²) in [6.07, 6.45) is -4.57. The van der Waals surface area contributed by atoms with Crippen molar-refractivity contribution in [3.63, 3.8) is 0 Å². The number of aromatic nitrogens is 2. The van der Waals surface area contributed by atoms with Gasteiger partial charge in [-0.1, -0.05) is 36.4 Å². The lowest BCUT2D eigenvalue weighted by Gasteiger charge is -2.25. The Labute approximate surface area is 187 Å². The van der Waals surface area contributed by atoms with E-state index in [4.69, 9.17) is 4.42 Å². The Balaban J connectivity index is 1.62. The van der Waals surface area contributed by atoms with Crippen molar-refractivity contribution in [1.29, 1.82) is 0 Å². The first-order chi connectivity index (χ1) is 15.7. The number of carbonyl (C=O) groups is 1. The monoisotopic (exact) mass is 455 g/mol. The van der Waals surface area contributed by atoms with Crippen LogP contribution in [0.15, 0.2) is 71.3 Å². The summed E-state index contributed by atoms with van der Waals surface area (Å²) in [5.41, 5.74) is 1.54. The molecule has 0 fully saturated rings. The summed E-state index contributed by atoms with van der Waals surface area (Å²) < 4.78 is 43.9. The van der Waals surface area contributed by atoms with Gasteiger partial charge in [-0.25, -0.2) is 4.98 Å². The molecular weight excluding hydrogens is 435 g/mol. The minimum atomic E-state index is -4.52. The van der Waals surface area contributed by atoms with E-state index in [2.05, 4.69) is 9.97 Å². The van der Waals surface area contributed by atoms with Gasteiger partial charge in [0.1, 0.15) is 11.2 Å². The Hall–Kier alpha value is -3.72. The molecule has 9 heteroatoms. The lowest BCUT2D eigenvalue weighted by molar-refractivity contribution is -0.141. The molecule has 170 valence electrons. The molecule has 4 aromatic rings. The molecule has 1 unspecified atom stereocenters. The first-order valence-corrected chi connectivity index (χ1v) is 10.2. The number of alkyl halides is 3. The zero-order valence-electron chi connectivity index (χ0n) is 17.6. The highest BCUT2D eigenvalue weighted by Crippen LogP contribution is 2.28. The van der Waals surface area contributed by atoms with Crippen LogP contribution in [-0.4, -0.2) is 27.5 Å². The number of fused-ring (bicyclic) bond motifs is 1. The molecule has 0 aliphatic rings. The van der Waals surface area contributed by atoms with E-state index in [1.165, 1.54) is 11.0 Å². The summed E-state index contributed by atoms with van der Waals surface area (Å²) >= 11 is 0. The molecule has 0 radical (unpaired) electrons. The maximum absolute atomic E-state index is 13.3. The first kappa shape index (κ1) is 22.5. The molecular formula is C24H20F3N3O3. The second-order valence-electron chi connectivity index (χ2n) is 7.49. The third-order valence-corrected chi connectivity index (χ3v) is 5.15. The average Bonchev–Trinajstić information content (AvgIpc) is 3.18. The van der Waals surface area contributed by atoms with Crippen LogP contribution in [-0.2, 0) is 17.4 Å². The van der Waals surface area contributed by atoms with Gasteiger partial charge in [0.2, 0.25) is 0 Å². The van der Waals surface area contributed by atoms with Crippen molar-refractivity contribution >= 4 is 22.7 Å². The number of aliphatic hydroxyl groups excluding tert-OH is 1. The molecule has 33 heavy (non-hydrogen) atoms. The Bertz CT molecular complexity index is 1250. The van der Waals surface area contributed by atoms with E-state index in [0.29, 0.717) is 33.8 Å². The summed E-state index contributed by atoms with van der Waals surface area (Å²) in [6.45, 7) is 1.81. The molecule has 2 aromatic carbocycles. The SMILES string of the molecule is Cc1nc2ccc(N(CCc3ccc(C(F)(F)F)nc3)C(=O)C(O)c3ccccc3)cc2o1. The molecule has 0 aliphatic carbocycles. The van der Waals surface area contributed by atoms with E-state index in [1.807, 2.05) is 0 Å². The highest BCUT2D eigenvalue weighted by atomic mass is 19.4. The smallest absolute Gasteiger partial charge is 0.433 e. The molecule has 0 saturated carbocycles. The van der Waals surface area contributed by atoms with Crippen molar-refractivity contribution in [3.8, 4) is 0 Å². The van der Waals surface area contributed by atoms with E-state index in [1.54, 1.807) is 55.5 Å². The fraction of sp³-hybridized carbons (Fsp3) is 0.208. The molecule has 0 aliphatic heterocycles. The van der Waals surface area contributed by atoms with Gasteiger partial charge in [-0.05, 0) is 35.7 Å². The highest BCUT2D eigenvalue weighted by molar-refractivity contribution is 5.98. The highest BCUT2D eigenvalue weighted by Gasteiger charge is 2.32. The van der Waals surface area contributed by atoms with E-state index < -0.39 is 23.9 Å². The van der Waals surface area contributed by atoms with E-state index in [0.717, 1.165) is 12.3 Å². The van der Waals surface area contributed by atoms with Crippen LogP contribution in [0.4, 0.5) is 18.9 Å². The molecule has 0 spiro atoms. The zero-order chi connectivity index (χ0) is 23.6. The quantitative estimate of drug-likeness (QED) is 0.449. The molecule has 2 heterocycles. The Morgan fingerprint density at radius 2 is 1.88 bits per heavy atom. The number of carbonyl (C=O) groups excluding carboxylic acids is 1. The summed E-state index contributed by atoms with van der Waals surface area (Å²) in [6, 6.07) is 15.8. The predicted octanol–water partition coefficient (Wildman–Crippen LogP) is 4.86. The minimum Gasteiger partial charge on any atom is -0.441 e. The number of rotatable bonds is 6. The molecule has 2 aromatic heterocycles. The van der Waals surface area contributed by atoms with Crippen LogP contribution in [0.25, 0.3) is 11.1 Å². The summed E-state index contributed by atoms with van der Waals surface area (Å²) in [5, 5.41) is 10.7. The second-order valence-corrected chi connectivity index (χ2v) is 7.49. The number of oxazole rings is 1. The van der Waals surface area contributed by atoms with Gasteiger partial charge in [-0.15, -0.1) is 0 Å². The average molecular weight is 455 g/mol. The van der Waals surface area contributed by atoms with Gasteiger partial charge in [0.05, 0.1) is 0 Å². The van der Waals surface area contributed by atoms with Crippen LogP contribution in [0.5, 0.6) is 0 Å². The van der Waals surface area contributed by atoms with Crippen LogP contribution in [0.3, 0.4) is 0 Å². The maximum atomic E-state index is 13.3. The van der Waals surface area contributed by atoms with Gasteiger partial charge in [0, 0.05) is 31.4 Å². The largest absolute Gasteiger partial charge is 0.441 e. The number of hydrogen-bond donors (Lipinski definition) is 1. The van der Waals surface area contributed by atoms with Crippen molar-refractivity contribution in [3.05, 3.63) is 89.6 Å². The zero-order valence-corrected chi connectivity index (χ0v) is 17.6. The first-order valence-electron chi connectivity index (χ1n) is 10.2. The Kier molecular flexibility index (Phi) is 6.15. The second kappa shape index (κ2) is 9.03. The van der Waals surface area contributed by atoms with Crippen molar-refractivity contribution in [1.82, 2.24) is 9.97 Å². The molecule has 1 amide bonds. The molecule has 0 bridgehead atoms. The topological polar surface area (TPSA) is 79.5 Å². The van der Waals surface area contributed by atoms with Crippen LogP contribution < -0.4 is 4.90 Å². The Morgan fingerprint density at radius 1 is 1.12 bits per heavy atom. The van der Waals surface area contributed by atoms with Crippen LogP contribution in [0.2, 0.25) is 0 Å². The number of halogens is 3. The van der Waals surface area contributed by atoms with Gasteiger partial charge < -0.3 is 14.4 Å². The maximum Gasteiger partial charge on any atom is 0.433 e. The summed E-state index contributed by atoms with van der Waals surface area (Å²) in [5.74, 6) is -0.100. The minimum absolute atomic E-state index is 0.106. The normalized spacial score (nSPS) is 12.6. The van der Waals surface area contributed by atoms with Crippen molar-refractivity contribution in [2.75, 3.05) is 11.4 Å². The third kappa shape index (κ3) is 5.04. The van der Waals surface area contributed by atoms with E-state index in [9.17, 15) is 23.1 Å². The number of pyridine rings is 1. The fourth-order valence-electron chi connectivity index (χ4n) is 3.47. The van der Waals surface area contributed by atoms with Crippen LogP contribution in [0.1, 0.15) is 28.8 Å². The Morgan fingerprint density at radius 3 is 2.55 bits per heavy atom. The fourth-order valence-corrected chi connectivity index (χ4v) is 3.47. The number of anilines is 1. The van der Waals surface area contributed by atoms with Gasteiger partial charge in [0.25, 0.3) is 5.91 Å². The molecule has 4 rings (SSSR count). The molecule has 6 nitrogen and oxygen atoms in total. The lowest BCUT2D eigenvalue weighted by atomic mass is 10.1. The van der Waals surface area contributed by atoms with Gasteiger partial charge in [0.15, 0.2) is 17.6 Å². The molecule has 1 atom stereocenters. The van der Waals surface area contributed by atoms with E-state index in [-0.39, 0.29) is 13.0 Å². The lowest BCUT2D eigenvalue weighted by Crippen LogP contribution is -2.37. The summed E-state index contributed by atoms with van der Waals surface area (Å²) in [7, 11) is 0. The van der Waals surface area contributed by atoms with E-state index >= 15 is 0 Å². The number of aryl methyl sites for hydroxylation is 1. The van der Waals surface area contributed by atoms with Gasteiger partial charge in [-0.2, -0.15) is 13.2 Å². The number of nitrogens with zero attached hydrogens (tertiary/aromatic N) is 3. The van der Waals surface area contributed by atoms with Crippen LogP contribution >= 0.6 is 0 Å². The number of hydrogen-bond acceptors (Lipinski definition) is 5.